The average Bonchev–Trinajstić information content (AvgIpc) is 3.03. The number of anilines is 2. The lowest BCUT2D eigenvalue weighted by Crippen LogP contribution is -2.36. The zero-order chi connectivity index (χ0) is 25.9. The molecule has 3 aromatic rings. The predicted molar refractivity (Wildman–Crippen MR) is 142 cm³/mol. The molecule has 6 heteroatoms. The van der Waals surface area contributed by atoms with E-state index >= 15 is 0 Å². The van der Waals surface area contributed by atoms with Crippen LogP contribution in [0, 0.1) is 5.41 Å². The number of carbonyl (C=O) groups is 3. The van der Waals surface area contributed by atoms with E-state index in [4.69, 9.17) is 0 Å². The number of aromatic nitrogens is 1. The van der Waals surface area contributed by atoms with Gasteiger partial charge >= 0.3 is 0 Å². The molecular weight excluding hydrogens is 462 g/mol. The molecule has 0 radical (unpaired) electrons. The highest BCUT2D eigenvalue weighted by molar-refractivity contribution is 6.40. The van der Waals surface area contributed by atoms with Crippen molar-refractivity contribution in [3.63, 3.8) is 0 Å². The van der Waals surface area contributed by atoms with E-state index in [1.54, 1.807) is 37.4 Å². The Morgan fingerprint density at radius 2 is 1.54 bits per heavy atom. The van der Waals surface area contributed by atoms with Gasteiger partial charge in [-0.3, -0.25) is 19.4 Å². The molecule has 2 heterocycles. The normalized spacial score (nSPS) is 20.2. The highest BCUT2D eigenvalue weighted by atomic mass is 16.2. The number of para-hydroxylation sites is 2. The first kappa shape index (κ1) is 23.1. The lowest BCUT2D eigenvalue weighted by molar-refractivity contribution is -0.118. The van der Waals surface area contributed by atoms with Gasteiger partial charge in [0.1, 0.15) is 6.04 Å². The number of Topliss-reactive ketones (excluding diaryl/α,β-unsaturated/α-hetero) is 3. The third-order valence-corrected chi connectivity index (χ3v) is 7.46. The van der Waals surface area contributed by atoms with E-state index in [1.807, 2.05) is 47.4 Å². The third kappa shape index (κ3) is 3.63. The van der Waals surface area contributed by atoms with Gasteiger partial charge in [-0.1, -0.05) is 56.3 Å². The van der Waals surface area contributed by atoms with E-state index in [1.165, 1.54) is 0 Å². The number of benzene rings is 2. The third-order valence-electron chi connectivity index (χ3n) is 7.46. The van der Waals surface area contributed by atoms with Gasteiger partial charge in [0.15, 0.2) is 17.3 Å². The van der Waals surface area contributed by atoms with Gasteiger partial charge in [0.25, 0.3) is 0 Å². The molecule has 2 aliphatic carbocycles. The molecule has 6 rings (SSSR count). The summed E-state index contributed by atoms with van der Waals surface area (Å²) >= 11 is 0. The van der Waals surface area contributed by atoms with Crippen LogP contribution in [0.4, 0.5) is 11.4 Å². The smallest absolute Gasteiger partial charge is 0.199 e. The van der Waals surface area contributed by atoms with Crippen molar-refractivity contribution in [3.05, 3.63) is 112 Å². The van der Waals surface area contributed by atoms with E-state index in [-0.39, 0.29) is 28.3 Å². The zero-order valence-corrected chi connectivity index (χ0v) is 21.0. The molecule has 0 saturated heterocycles. The Morgan fingerprint density at radius 3 is 2.22 bits per heavy atom. The zero-order valence-electron chi connectivity index (χ0n) is 21.0. The summed E-state index contributed by atoms with van der Waals surface area (Å²) in [6.07, 6.45) is 2.80. The van der Waals surface area contributed by atoms with Crippen molar-refractivity contribution in [2.24, 2.45) is 5.41 Å². The topological polar surface area (TPSA) is 79.4 Å². The van der Waals surface area contributed by atoms with Crippen LogP contribution in [-0.4, -0.2) is 22.3 Å². The first-order chi connectivity index (χ1) is 17.8. The summed E-state index contributed by atoms with van der Waals surface area (Å²) in [6, 6.07) is 19.7. The standard InChI is InChI=1S/C31H27N3O3/c1-18(26-29(36)19-10-4-5-11-20(19)30(26)37)34-24-14-7-6-12-21(24)33-23-16-31(2,3)17-25(35)27(23)28(34)22-13-8-9-15-32-22/h4-15,28,33H,16-17H2,1-3H3/t28-/m0/s1. The Hall–Kier alpha value is -4.32. The van der Waals surface area contributed by atoms with Gasteiger partial charge in [-0.15, -0.1) is 0 Å². The number of nitrogens with one attached hydrogen (secondary N) is 1. The van der Waals surface area contributed by atoms with Gasteiger partial charge in [0, 0.05) is 40.7 Å². The molecule has 3 aliphatic rings. The van der Waals surface area contributed by atoms with Crippen LogP contribution in [-0.2, 0) is 4.79 Å². The fourth-order valence-corrected chi connectivity index (χ4v) is 5.88. The van der Waals surface area contributed by atoms with Crippen LogP contribution in [0.3, 0.4) is 0 Å². The second-order valence-corrected chi connectivity index (χ2v) is 10.7. The predicted octanol–water partition coefficient (Wildman–Crippen LogP) is 6.05. The van der Waals surface area contributed by atoms with Crippen molar-refractivity contribution in [1.29, 1.82) is 0 Å². The van der Waals surface area contributed by atoms with E-state index < -0.39 is 6.04 Å². The molecule has 0 amide bonds. The Bertz CT molecular complexity index is 1510. The van der Waals surface area contributed by atoms with Gasteiger partial charge in [0.2, 0.25) is 0 Å². The van der Waals surface area contributed by atoms with Crippen LogP contribution < -0.4 is 10.2 Å². The van der Waals surface area contributed by atoms with E-state index in [0.29, 0.717) is 40.9 Å². The number of carbonyl (C=O) groups excluding carboxylic acids is 3. The minimum absolute atomic E-state index is 0.0392. The highest BCUT2D eigenvalue weighted by Gasteiger charge is 2.44. The SMILES string of the molecule is CC(=C1C(=O)c2ccccc2C1=O)N1c2ccccc2NC2=C(C(=O)CC(C)(C)C2)[C@@H]1c1ccccn1. The summed E-state index contributed by atoms with van der Waals surface area (Å²) in [5, 5.41) is 3.56. The molecule has 1 N–H and O–H groups in total. The molecule has 0 fully saturated rings. The molecular formula is C31H27N3O3. The number of pyridine rings is 1. The summed E-state index contributed by atoms with van der Waals surface area (Å²) < 4.78 is 0. The Labute approximate surface area is 215 Å². The maximum absolute atomic E-state index is 13.8. The maximum Gasteiger partial charge on any atom is 0.199 e. The summed E-state index contributed by atoms with van der Waals surface area (Å²) in [6.45, 7) is 5.99. The van der Waals surface area contributed by atoms with Gasteiger partial charge in [-0.05, 0) is 43.0 Å². The molecule has 1 aromatic heterocycles. The number of hydrogen-bond acceptors (Lipinski definition) is 6. The molecule has 1 atom stereocenters. The summed E-state index contributed by atoms with van der Waals surface area (Å²) in [5.41, 5.74) is 5.01. The molecule has 0 unspecified atom stereocenters. The van der Waals surface area contributed by atoms with Crippen LogP contribution >= 0.6 is 0 Å². The molecule has 184 valence electrons. The monoisotopic (exact) mass is 489 g/mol. The second kappa shape index (κ2) is 8.37. The summed E-state index contributed by atoms with van der Waals surface area (Å²) in [4.78, 5) is 47.6. The molecule has 6 nitrogen and oxygen atoms in total. The van der Waals surface area contributed by atoms with Gasteiger partial charge < -0.3 is 10.2 Å². The van der Waals surface area contributed by atoms with Crippen LogP contribution in [0.1, 0.15) is 66.1 Å². The maximum atomic E-state index is 13.8. The minimum atomic E-state index is -0.604. The number of hydrogen-bond donors (Lipinski definition) is 1. The Kier molecular flexibility index (Phi) is 5.23. The first-order valence-corrected chi connectivity index (χ1v) is 12.5. The lowest BCUT2D eigenvalue weighted by atomic mass is 9.73. The molecule has 37 heavy (non-hydrogen) atoms. The minimum Gasteiger partial charge on any atom is -0.357 e. The Morgan fingerprint density at radius 1 is 0.892 bits per heavy atom. The highest BCUT2D eigenvalue weighted by Crippen LogP contribution is 2.49. The molecule has 0 spiro atoms. The first-order valence-electron chi connectivity index (χ1n) is 12.5. The number of allylic oxidation sites excluding steroid dienone is 3. The van der Waals surface area contributed by atoms with Gasteiger partial charge in [-0.2, -0.15) is 0 Å². The van der Waals surface area contributed by atoms with E-state index in [9.17, 15) is 14.4 Å². The fraction of sp³-hybridized carbons (Fsp3) is 0.226. The second-order valence-electron chi connectivity index (χ2n) is 10.7. The summed E-state index contributed by atoms with van der Waals surface area (Å²) in [7, 11) is 0. The van der Waals surface area contributed by atoms with Crippen LogP contribution in [0.25, 0.3) is 0 Å². The Balaban J connectivity index is 1.65. The number of rotatable bonds is 2. The molecule has 2 aromatic carbocycles. The van der Waals surface area contributed by atoms with Crippen LogP contribution in [0.15, 0.2) is 95.5 Å². The fourth-order valence-electron chi connectivity index (χ4n) is 5.88. The average molecular weight is 490 g/mol. The van der Waals surface area contributed by atoms with Crippen molar-refractivity contribution in [2.45, 2.75) is 39.7 Å². The number of fused-ring (bicyclic) bond motifs is 2. The number of nitrogens with zero attached hydrogens (tertiary/aromatic N) is 2. The lowest BCUT2D eigenvalue weighted by Gasteiger charge is -2.38. The van der Waals surface area contributed by atoms with Crippen molar-refractivity contribution in [3.8, 4) is 0 Å². The van der Waals surface area contributed by atoms with Gasteiger partial charge in [0.05, 0.1) is 22.6 Å². The molecule has 1 aliphatic heterocycles. The number of ketones is 3. The molecule has 0 saturated carbocycles. The van der Waals surface area contributed by atoms with Crippen LogP contribution in [0.5, 0.6) is 0 Å². The van der Waals surface area contributed by atoms with Crippen molar-refractivity contribution in [2.75, 3.05) is 10.2 Å². The van der Waals surface area contributed by atoms with Gasteiger partial charge in [-0.25, -0.2) is 0 Å². The quantitative estimate of drug-likeness (QED) is 0.349. The van der Waals surface area contributed by atoms with Crippen molar-refractivity contribution < 1.29 is 14.4 Å². The van der Waals surface area contributed by atoms with Crippen molar-refractivity contribution >= 4 is 28.7 Å². The van der Waals surface area contributed by atoms with E-state index in [0.717, 1.165) is 17.1 Å². The largest absolute Gasteiger partial charge is 0.357 e. The van der Waals surface area contributed by atoms with E-state index in [2.05, 4.69) is 24.1 Å². The van der Waals surface area contributed by atoms with Crippen LogP contribution in [0.2, 0.25) is 0 Å². The summed E-state index contributed by atoms with van der Waals surface area (Å²) in [5.74, 6) is -0.548. The van der Waals surface area contributed by atoms with Crippen molar-refractivity contribution in [1.82, 2.24) is 4.98 Å². The molecule has 0 bridgehead atoms.